The van der Waals surface area contributed by atoms with Crippen molar-refractivity contribution < 1.29 is 14.0 Å². The minimum absolute atomic E-state index is 0.0105. The topological polar surface area (TPSA) is 52.7 Å². The van der Waals surface area contributed by atoms with Crippen LogP contribution in [-0.4, -0.2) is 41.2 Å². The third-order valence-corrected chi connectivity index (χ3v) is 5.85. The Bertz CT molecular complexity index is 1060. The molecule has 3 aromatic rings. The van der Waals surface area contributed by atoms with Gasteiger partial charge in [-0.2, -0.15) is 0 Å². The molecule has 2 amide bonds. The van der Waals surface area contributed by atoms with Gasteiger partial charge in [0.05, 0.1) is 5.92 Å². The molecule has 4 rings (SSSR count). The average Bonchev–Trinajstić information content (AvgIpc) is 2.96. The van der Waals surface area contributed by atoms with Crippen molar-refractivity contribution in [2.45, 2.75) is 19.5 Å². The molecule has 1 aliphatic rings. The molecule has 5 nitrogen and oxygen atoms in total. The van der Waals surface area contributed by atoms with Crippen LogP contribution >= 0.6 is 0 Å². The second kappa shape index (κ2) is 10.9. The molecule has 0 aromatic heterocycles. The lowest BCUT2D eigenvalue weighted by Gasteiger charge is -2.24. The van der Waals surface area contributed by atoms with E-state index < -0.39 is 5.92 Å². The Kier molecular flexibility index (Phi) is 7.47. The Morgan fingerprint density at radius 3 is 2.09 bits per heavy atom. The van der Waals surface area contributed by atoms with E-state index in [-0.39, 0.29) is 24.1 Å². The van der Waals surface area contributed by atoms with Crippen LogP contribution in [0.15, 0.2) is 84.9 Å². The lowest BCUT2D eigenvalue weighted by Crippen LogP contribution is -2.37. The summed E-state index contributed by atoms with van der Waals surface area (Å²) in [6.07, 6.45) is 0.0762. The number of benzene rings is 3. The van der Waals surface area contributed by atoms with Gasteiger partial charge in [0, 0.05) is 44.8 Å². The van der Waals surface area contributed by atoms with E-state index in [0.29, 0.717) is 25.3 Å². The molecule has 0 saturated carbocycles. The van der Waals surface area contributed by atoms with E-state index in [9.17, 15) is 14.0 Å². The molecule has 33 heavy (non-hydrogen) atoms. The Labute approximate surface area is 193 Å². The van der Waals surface area contributed by atoms with Crippen molar-refractivity contribution in [2.75, 3.05) is 25.0 Å². The van der Waals surface area contributed by atoms with E-state index in [0.717, 1.165) is 18.7 Å². The second-order valence-electron chi connectivity index (χ2n) is 8.42. The lowest BCUT2D eigenvalue weighted by molar-refractivity contribution is -0.137. The van der Waals surface area contributed by atoms with E-state index in [1.165, 1.54) is 29.8 Å². The maximum Gasteiger partial charge on any atom is 0.227 e. The van der Waals surface area contributed by atoms with Gasteiger partial charge in [0.2, 0.25) is 11.8 Å². The number of carbonyl (C=O) groups is 2. The number of amides is 2. The first-order valence-electron chi connectivity index (χ1n) is 11.2. The van der Waals surface area contributed by atoms with Crippen molar-refractivity contribution in [1.82, 2.24) is 9.80 Å². The first-order valence-corrected chi connectivity index (χ1v) is 11.2. The van der Waals surface area contributed by atoms with Gasteiger partial charge in [-0.3, -0.25) is 14.5 Å². The van der Waals surface area contributed by atoms with Crippen LogP contribution in [0.3, 0.4) is 0 Å². The molecule has 0 bridgehead atoms. The van der Waals surface area contributed by atoms with Gasteiger partial charge in [-0.15, -0.1) is 0 Å². The summed E-state index contributed by atoms with van der Waals surface area (Å²) in [5.41, 5.74) is 2.76. The van der Waals surface area contributed by atoms with Crippen LogP contribution in [0, 0.1) is 11.7 Å². The first kappa shape index (κ1) is 22.7. The average molecular weight is 446 g/mol. The molecule has 1 heterocycles. The highest BCUT2D eigenvalue weighted by Crippen LogP contribution is 2.20. The van der Waals surface area contributed by atoms with Gasteiger partial charge >= 0.3 is 0 Å². The molecule has 0 spiro atoms. The highest BCUT2D eigenvalue weighted by atomic mass is 19.1. The highest BCUT2D eigenvalue weighted by molar-refractivity contribution is 5.94. The molecule has 6 heteroatoms. The van der Waals surface area contributed by atoms with Crippen molar-refractivity contribution >= 4 is 17.5 Å². The summed E-state index contributed by atoms with van der Waals surface area (Å²) >= 11 is 0. The predicted molar refractivity (Wildman–Crippen MR) is 127 cm³/mol. The summed E-state index contributed by atoms with van der Waals surface area (Å²) in [6.45, 7) is 3.11. The number of rotatable bonds is 7. The number of halogens is 1. The number of nitrogens with zero attached hydrogens (tertiary/aromatic N) is 2. The predicted octanol–water partition coefficient (Wildman–Crippen LogP) is 4.32. The van der Waals surface area contributed by atoms with Gasteiger partial charge in [-0.25, -0.2) is 4.39 Å². The van der Waals surface area contributed by atoms with E-state index >= 15 is 0 Å². The Balaban J connectivity index is 1.48. The number of hydrogen-bond acceptors (Lipinski definition) is 3. The van der Waals surface area contributed by atoms with Crippen LogP contribution in [0.4, 0.5) is 10.1 Å². The zero-order valence-corrected chi connectivity index (χ0v) is 18.5. The van der Waals surface area contributed by atoms with Gasteiger partial charge in [0.15, 0.2) is 0 Å². The van der Waals surface area contributed by atoms with Crippen LogP contribution in [0.5, 0.6) is 0 Å². The summed E-state index contributed by atoms with van der Waals surface area (Å²) in [5.74, 6) is -1.08. The van der Waals surface area contributed by atoms with Crippen molar-refractivity contribution in [2.24, 2.45) is 5.92 Å². The molecule has 1 aliphatic heterocycles. The van der Waals surface area contributed by atoms with E-state index in [1.54, 1.807) is 0 Å². The van der Waals surface area contributed by atoms with E-state index in [1.807, 2.05) is 53.4 Å². The maximum atomic E-state index is 13.5. The monoisotopic (exact) mass is 445 g/mol. The highest BCUT2D eigenvalue weighted by Gasteiger charge is 2.32. The zero-order valence-electron chi connectivity index (χ0n) is 18.5. The fraction of sp³-hybridized carbons (Fsp3) is 0.259. The Morgan fingerprint density at radius 2 is 1.45 bits per heavy atom. The summed E-state index contributed by atoms with van der Waals surface area (Å²) in [4.78, 5) is 30.3. The van der Waals surface area contributed by atoms with Gasteiger partial charge in [-0.1, -0.05) is 60.7 Å². The third kappa shape index (κ3) is 6.49. The van der Waals surface area contributed by atoms with Crippen LogP contribution in [0.25, 0.3) is 0 Å². The zero-order chi connectivity index (χ0) is 23.0. The maximum absolute atomic E-state index is 13.5. The van der Waals surface area contributed by atoms with Gasteiger partial charge in [0.1, 0.15) is 5.82 Å². The SMILES string of the molecule is O=C(CC1CN(Cc2ccccc2)CCN(Cc2ccccc2)C1=O)Nc1ccc(F)cc1. The fourth-order valence-corrected chi connectivity index (χ4v) is 4.18. The van der Waals surface area contributed by atoms with Crippen molar-refractivity contribution in [3.05, 3.63) is 102 Å². The first-order chi connectivity index (χ1) is 16.1. The number of carbonyl (C=O) groups excluding carboxylic acids is 2. The largest absolute Gasteiger partial charge is 0.337 e. The number of hydrogen-bond donors (Lipinski definition) is 1. The van der Waals surface area contributed by atoms with Crippen LogP contribution in [-0.2, 0) is 22.7 Å². The molecule has 0 aliphatic carbocycles. The standard InChI is InChI=1S/C27H28FN3O2/c28-24-11-13-25(14-12-24)29-26(32)17-23-20-30(18-21-7-3-1-4-8-21)15-16-31(27(23)33)19-22-9-5-2-6-10-22/h1-14,23H,15-20H2,(H,29,32). The summed E-state index contributed by atoms with van der Waals surface area (Å²) in [5, 5.41) is 2.79. The Morgan fingerprint density at radius 1 is 0.848 bits per heavy atom. The molecular weight excluding hydrogens is 417 g/mol. The molecular formula is C27H28FN3O2. The van der Waals surface area contributed by atoms with Crippen molar-refractivity contribution in [1.29, 1.82) is 0 Å². The van der Waals surface area contributed by atoms with Crippen LogP contribution in [0.2, 0.25) is 0 Å². The summed E-state index contributed by atoms with van der Waals surface area (Å²) < 4.78 is 13.2. The van der Waals surface area contributed by atoms with Crippen LogP contribution < -0.4 is 5.32 Å². The quantitative estimate of drug-likeness (QED) is 0.590. The van der Waals surface area contributed by atoms with Crippen LogP contribution in [0.1, 0.15) is 17.5 Å². The fourth-order valence-electron chi connectivity index (χ4n) is 4.18. The minimum atomic E-state index is -0.458. The number of anilines is 1. The molecule has 1 fully saturated rings. The normalized spacial score (nSPS) is 16.9. The molecule has 1 N–H and O–H groups in total. The van der Waals surface area contributed by atoms with Gasteiger partial charge < -0.3 is 10.2 Å². The van der Waals surface area contributed by atoms with Crippen molar-refractivity contribution in [3.8, 4) is 0 Å². The van der Waals surface area contributed by atoms with Crippen molar-refractivity contribution in [3.63, 3.8) is 0 Å². The molecule has 1 saturated heterocycles. The Hall–Kier alpha value is -3.51. The third-order valence-electron chi connectivity index (χ3n) is 5.85. The minimum Gasteiger partial charge on any atom is -0.337 e. The van der Waals surface area contributed by atoms with E-state index in [4.69, 9.17) is 0 Å². The summed E-state index contributed by atoms with van der Waals surface area (Å²) in [7, 11) is 0. The lowest BCUT2D eigenvalue weighted by atomic mass is 10.0. The van der Waals surface area contributed by atoms with E-state index in [2.05, 4.69) is 22.3 Å². The summed E-state index contributed by atoms with van der Waals surface area (Å²) in [6, 6.07) is 25.7. The van der Waals surface area contributed by atoms with Gasteiger partial charge in [0.25, 0.3) is 0 Å². The molecule has 1 unspecified atom stereocenters. The molecule has 170 valence electrons. The molecule has 0 radical (unpaired) electrons. The van der Waals surface area contributed by atoms with Gasteiger partial charge in [-0.05, 0) is 35.4 Å². The number of nitrogens with one attached hydrogen (secondary N) is 1. The smallest absolute Gasteiger partial charge is 0.227 e. The molecule has 1 atom stereocenters. The molecule has 3 aromatic carbocycles. The second-order valence-corrected chi connectivity index (χ2v) is 8.42.